The summed E-state index contributed by atoms with van der Waals surface area (Å²) in [6, 6.07) is 18.3. The molecule has 2 N–H and O–H groups in total. The Kier molecular flexibility index (Phi) is 3.35. The molecule has 3 heteroatoms. The minimum atomic E-state index is -0.344. The summed E-state index contributed by atoms with van der Waals surface area (Å²) in [5, 5.41) is 2.22. The SMILES string of the molecule is NCc1cc(F)cc(Oc2ccc3ccccc3c2)c1. The predicted octanol–water partition coefficient (Wildman–Crippen LogP) is 4.23. The Balaban J connectivity index is 1.94. The Morgan fingerprint density at radius 2 is 1.65 bits per heavy atom. The van der Waals surface area contributed by atoms with E-state index in [0.717, 1.165) is 10.8 Å². The molecule has 0 spiro atoms. The Bertz CT molecular complexity index is 755. The van der Waals surface area contributed by atoms with Crippen molar-refractivity contribution in [3.05, 3.63) is 72.0 Å². The molecule has 0 amide bonds. The highest BCUT2D eigenvalue weighted by molar-refractivity contribution is 5.83. The summed E-state index contributed by atoms with van der Waals surface area (Å²) < 4.78 is 19.1. The Morgan fingerprint density at radius 1 is 0.850 bits per heavy atom. The van der Waals surface area contributed by atoms with Crippen molar-refractivity contribution >= 4 is 10.8 Å². The molecule has 0 bridgehead atoms. The third-order valence-electron chi connectivity index (χ3n) is 3.12. The van der Waals surface area contributed by atoms with Crippen LogP contribution in [-0.4, -0.2) is 0 Å². The van der Waals surface area contributed by atoms with Crippen molar-refractivity contribution in [3.63, 3.8) is 0 Å². The molecule has 3 aromatic carbocycles. The van der Waals surface area contributed by atoms with Crippen LogP contribution in [0.15, 0.2) is 60.7 Å². The fraction of sp³-hybridized carbons (Fsp3) is 0.0588. The summed E-state index contributed by atoms with van der Waals surface area (Å²) >= 11 is 0. The maximum absolute atomic E-state index is 13.4. The number of nitrogens with two attached hydrogens (primary N) is 1. The number of hydrogen-bond donors (Lipinski definition) is 1. The lowest BCUT2D eigenvalue weighted by molar-refractivity contribution is 0.476. The molecule has 0 aromatic heterocycles. The van der Waals surface area contributed by atoms with Gasteiger partial charge in [0.05, 0.1) is 0 Å². The Morgan fingerprint density at radius 3 is 2.45 bits per heavy atom. The Hall–Kier alpha value is -2.39. The quantitative estimate of drug-likeness (QED) is 0.770. The lowest BCUT2D eigenvalue weighted by Crippen LogP contribution is -1.97. The van der Waals surface area contributed by atoms with Crippen LogP contribution in [-0.2, 0) is 6.54 Å². The van der Waals surface area contributed by atoms with Gasteiger partial charge < -0.3 is 10.5 Å². The average molecular weight is 267 g/mol. The van der Waals surface area contributed by atoms with E-state index in [0.29, 0.717) is 17.1 Å². The van der Waals surface area contributed by atoms with Crippen molar-refractivity contribution in [3.8, 4) is 11.5 Å². The molecule has 3 aromatic rings. The number of rotatable bonds is 3. The monoisotopic (exact) mass is 267 g/mol. The molecule has 0 heterocycles. The molecule has 100 valence electrons. The van der Waals surface area contributed by atoms with Crippen molar-refractivity contribution in [1.82, 2.24) is 0 Å². The largest absolute Gasteiger partial charge is 0.457 e. The summed E-state index contributed by atoms with van der Waals surface area (Å²) in [5.41, 5.74) is 6.24. The number of ether oxygens (including phenoxy) is 1. The van der Waals surface area contributed by atoms with Crippen LogP contribution >= 0.6 is 0 Å². The van der Waals surface area contributed by atoms with E-state index in [1.165, 1.54) is 12.1 Å². The highest BCUT2D eigenvalue weighted by atomic mass is 19.1. The van der Waals surface area contributed by atoms with Crippen LogP contribution in [0.5, 0.6) is 11.5 Å². The van der Waals surface area contributed by atoms with Crippen LogP contribution < -0.4 is 10.5 Å². The standard InChI is InChI=1S/C17H14FNO/c18-15-7-12(11-19)8-17(10-15)20-16-6-5-13-3-1-2-4-14(13)9-16/h1-10H,11,19H2. The van der Waals surface area contributed by atoms with Gasteiger partial charge in [0.15, 0.2) is 0 Å². The van der Waals surface area contributed by atoms with Crippen LogP contribution in [0.1, 0.15) is 5.56 Å². The maximum Gasteiger partial charge on any atom is 0.130 e. The van der Waals surface area contributed by atoms with Gasteiger partial charge in [-0.3, -0.25) is 0 Å². The van der Waals surface area contributed by atoms with Gasteiger partial charge in [-0.2, -0.15) is 0 Å². The fourth-order valence-electron chi connectivity index (χ4n) is 2.16. The molecular formula is C17H14FNO. The van der Waals surface area contributed by atoms with Gasteiger partial charge in [0.2, 0.25) is 0 Å². The molecular weight excluding hydrogens is 253 g/mol. The number of halogens is 1. The molecule has 2 nitrogen and oxygen atoms in total. The second-order valence-corrected chi connectivity index (χ2v) is 4.61. The Labute approximate surface area is 116 Å². The van der Waals surface area contributed by atoms with Crippen LogP contribution in [0.25, 0.3) is 10.8 Å². The molecule has 3 rings (SSSR count). The molecule has 0 aliphatic rings. The highest BCUT2D eigenvalue weighted by Gasteiger charge is 2.03. The molecule has 0 atom stereocenters. The predicted molar refractivity (Wildman–Crippen MR) is 78.3 cm³/mol. The molecule has 0 aliphatic carbocycles. The average Bonchev–Trinajstić information content (AvgIpc) is 2.46. The first kappa shape index (κ1) is 12.6. The van der Waals surface area contributed by atoms with E-state index in [4.69, 9.17) is 10.5 Å². The van der Waals surface area contributed by atoms with E-state index in [1.807, 2.05) is 42.5 Å². The van der Waals surface area contributed by atoms with E-state index in [-0.39, 0.29) is 12.4 Å². The molecule has 0 radical (unpaired) electrons. The van der Waals surface area contributed by atoms with Crippen molar-refractivity contribution in [2.75, 3.05) is 0 Å². The van der Waals surface area contributed by atoms with Gasteiger partial charge >= 0.3 is 0 Å². The van der Waals surface area contributed by atoms with Gasteiger partial charge in [-0.15, -0.1) is 0 Å². The van der Waals surface area contributed by atoms with Gasteiger partial charge in [0, 0.05) is 12.6 Å². The summed E-state index contributed by atoms with van der Waals surface area (Å²) in [7, 11) is 0. The van der Waals surface area contributed by atoms with Crippen molar-refractivity contribution < 1.29 is 9.13 Å². The molecule has 0 fully saturated rings. The van der Waals surface area contributed by atoms with Gasteiger partial charge in [-0.05, 0) is 40.6 Å². The third-order valence-corrected chi connectivity index (χ3v) is 3.12. The van der Waals surface area contributed by atoms with E-state index in [2.05, 4.69) is 0 Å². The minimum Gasteiger partial charge on any atom is -0.457 e. The maximum atomic E-state index is 13.4. The molecule has 0 aliphatic heterocycles. The first-order valence-electron chi connectivity index (χ1n) is 6.41. The smallest absolute Gasteiger partial charge is 0.130 e. The second kappa shape index (κ2) is 5.31. The first-order chi connectivity index (χ1) is 9.74. The van der Waals surface area contributed by atoms with Crippen molar-refractivity contribution in [2.45, 2.75) is 6.54 Å². The topological polar surface area (TPSA) is 35.2 Å². The third kappa shape index (κ3) is 2.63. The first-order valence-corrected chi connectivity index (χ1v) is 6.41. The number of benzene rings is 3. The van der Waals surface area contributed by atoms with Crippen molar-refractivity contribution in [2.24, 2.45) is 5.73 Å². The van der Waals surface area contributed by atoms with E-state index < -0.39 is 0 Å². The zero-order chi connectivity index (χ0) is 13.9. The van der Waals surface area contributed by atoms with Gasteiger partial charge in [0.1, 0.15) is 17.3 Å². The van der Waals surface area contributed by atoms with Gasteiger partial charge in [0.25, 0.3) is 0 Å². The van der Waals surface area contributed by atoms with E-state index in [1.54, 1.807) is 6.07 Å². The van der Waals surface area contributed by atoms with Crippen LogP contribution in [0, 0.1) is 5.82 Å². The van der Waals surface area contributed by atoms with E-state index in [9.17, 15) is 4.39 Å². The summed E-state index contributed by atoms with van der Waals surface area (Å²) in [6.45, 7) is 0.284. The van der Waals surface area contributed by atoms with Crippen LogP contribution in [0.4, 0.5) is 4.39 Å². The van der Waals surface area contributed by atoms with Crippen LogP contribution in [0.3, 0.4) is 0 Å². The normalized spacial score (nSPS) is 10.7. The summed E-state index contributed by atoms with van der Waals surface area (Å²) in [5.74, 6) is 0.793. The highest BCUT2D eigenvalue weighted by Crippen LogP contribution is 2.26. The fourth-order valence-corrected chi connectivity index (χ4v) is 2.16. The zero-order valence-electron chi connectivity index (χ0n) is 10.8. The number of hydrogen-bond acceptors (Lipinski definition) is 2. The molecule has 0 unspecified atom stereocenters. The van der Waals surface area contributed by atoms with E-state index >= 15 is 0 Å². The van der Waals surface area contributed by atoms with Gasteiger partial charge in [-0.1, -0.05) is 30.3 Å². The lowest BCUT2D eigenvalue weighted by atomic mass is 10.1. The molecule has 0 saturated heterocycles. The summed E-state index contributed by atoms with van der Waals surface area (Å²) in [6.07, 6.45) is 0. The minimum absolute atomic E-state index is 0.284. The lowest BCUT2D eigenvalue weighted by Gasteiger charge is -2.08. The van der Waals surface area contributed by atoms with Crippen molar-refractivity contribution in [1.29, 1.82) is 0 Å². The zero-order valence-corrected chi connectivity index (χ0v) is 10.8. The van der Waals surface area contributed by atoms with Crippen LogP contribution in [0.2, 0.25) is 0 Å². The summed E-state index contributed by atoms with van der Waals surface area (Å²) in [4.78, 5) is 0. The van der Waals surface area contributed by atoms with Gasteiger partial charge in [-0.25, -0.2) is 4.39 Å². The molecule has 0 saturated carbocycles. The second-order valence-electron chi connectivity index (χ2n) is 4.61. The number of fused-ring (bicyclic) bond motifs is 1. The molecule has 20 heavy (non-hydrogen) atoms.